The molecule has 1 rings (SSSR count). The molecule has 0 radical (unpaired) electrons. The summed E-state index contributed by atoms with van der Waals surface area (Å²) < 4.78 is 38.8. The van der Waals surface area contributed by atoms with Crippen LogP contribution in [0.3, 0.4) is 0 Å². The zero-order valence-corrected chi connectivity index (χ0v) is 35.1. The third-order valence-corrected chi connectivity index (χ3v) is 9.96. The monoisotopic (exact) mass is 793 g/mol. The quantitative estimate of drug-likeness (QED) is 0.0200. The number of ether oxygens (including phenoxy) is 2. The number of esters is 2. The van der Waals surface area contributed by atoms with E-state index in [-0.39, 0.29) is 32.6 Å². The second-order valence-electron chi connectivity index (χ2n) is 13.9. The third-order valence-electron chi connectivity index (χ3n) is 8.97. The molecular weight excluding hydrogens is 721 g/mol. The van der Waals surface area contributed by atoms with E-state index in [4.69, 9.17) is 28.7 Å². The van der Waals surface area contributed by atoms with Crippen LogP contribution in [-0.2, 0) is 45.5 Å². The van der Waals surface area contributed by atoms with Gasteiger partial charge in [0, 0.05) is 32.2 Å². The van der Waals surface area contributed by atoms with Gasteiger partial charge in [0.2, 0.25) is 0 Å². The lowest BCUT2D eigenvalue weighted by molar-refractivity contribution is -0.161. The lowest BCUT2D eigenvalue weighted by Gasteiger charge is -2.19. The van der Waals surface area contributed by atoms with Crippen molar-refractivity contribution in [1.82, 2.24) is 0 Å². The molecule has 0 saturated heterocycles. The minimum absolute atomic E-state index is 0.0268. The van der Waals surface area contributed by atoms with Gasteiger partial charge in [0.1, 0.15) is 18.1 Å². The highest BCUT2D eigenvalue weighted by Crippen LogP contribution is 2.43. The maximum atomic E-state index is 12.6. The Bertz CT molecular complexity index is 1330. The molecule has 0 aliphatic heterocycles. The van der Waals surface area contributed by atoms with Crippen LogP contribution in [0, 0.1) is 13.8 Å². The largest absolute Gasteiger partial charge is 0.472 e. The van der Waals surface area contributed by atoms with E-state index in [1.807, 2.05) is 36.5 Å². The summed E-state index contributed by atoms with van der Waals surface area (Å²) in [5.41, 5.74) is 7.89. The molecule has 1 heterocycles. The molecule has 12 heteroatoms. The van der Waals surface area contributed by atoms with Gasteiger partial charge in [0.15, 0.2) is 6.10 Å². The number of nitrogens with two attached hydrogens (primary N) is 1. The van der Waals surface area contributed by atoms with E-state index in [1.54, 1.807) is 6.08 Å². The van der Waals surface area contributed by atoms with Crippen LogP contribution in [0.15, 0.2) is 53.0 Å². The van der Waals surface area contributed by atoms with Crippen molar-refractivity contribution in [3.05, 3.63) is 71.3 Å². The minimum Gasteiger partial charge on any atom is -0.466 e. The molecule has 1 aromatic heterocycles. The number of aliphatic hydroxyl groups excluding tert-OH is 1. The standard InChI is InChI=1S/C43H72NO10P/c1-5-7-8-9-16-21-27-38(45)28-22-17-12-10-11-13-19-24-30-42(46)50-34-39(35-52-55(48,49)51-33-32-44)53-43(47)31-25-20-15-14-18-23-29-41-37(4)36(3)40(54-41)26-6-2/h11-13,16-17,21-22,28,38-39,45H,5-10,14-15,18-20,23-27,29-35,44H2,1-4H3,(H,48,49)/b13-11-,17-12-,21-16-,28-22+/t38-,39-/m1/s1. The zero-order chi connectivity index (χ0) is 40.6. The summed E-state index contributed by atoms with van der Waals surface area (Å²) in [5.74, 6) is 1.24. The van der Waals surface area contributed by atoms with Crippen molar-refractivity contribution < 1.29 is 47.1 Å². The number of aliphatic hydroxyl groups is 1. The van der Waals surface area contributed by atoms with Gasteiger partial charge in [-0.05, 0) is 82.8 Å². The highest BCUT2D eigenvalue weighted by Gasteiger charge is 2.26. The van der Waals surface area contributed by atoms with E-state index < -0.39 is 38.6 Å². The summed E-state index contributed by atoms with van der Waals surface area (Å²) in [6.07, 6.45) is 30.4. The van der Waals surface area contributed by atoms with Gasteiger partial charge in [-0.1, -0.05) is 101 Å². The fourth-order valence-corrected chi connectivity index (χ4v) is 6.40. The Morgan fingerprint density at radius 2 is 1.44 bits per heavy atom. The summed E-state index contributed by atoms with van der Waals surface area (Å²) >= 11 is 0. The van der Waals surface area contributed by atoms with Crippen molar-refractivity contribution >= 4 is 19.8 Å². The lowest BCUT2D eigenvalue weighted by Crippen LogP contribution is -2.29. The second-order valence-corrected chi connectivity index (χ2v) is 15.4. The lowest BCUT2D eigenvalue weighted by atomic mass is 10.0. The average Bonchev–Trinajstić information content (AvgIpc) is 3.42. The maximum Gasteiger partial charge on any atom is 0.472 e. The van der Waals surface area contributed by atoms with Crippen molar-refractivity contribution in [2.45, 2.75) is 162 Å². The number of furan rings is 1. The van der Waals surface area contributed by atoms with E-state index in [0.717, 1.165) is 75.7 Å². The van der Waals surface area contributed by atoms with Crippen molar-refractivity contribution in [3.8, 4) is 0 Å². The summed E-state index contributed by atoms with van der Waals surface area (Å²) in [6.45, 7) is 7.67. The van der Waals surface area contributed by atoms with Crippen LogP contribution in [-0.4, -0.2) is 60.5 Å². The smallest absolute Gasteiger partial charge is 0.466 e. The van der Waals surface area contributed by atoms with Crippen LogP contribution < -0.4 is 5.73 Å². The highest BCUT2D eigenvalue weighted by atomic mass is 31.2. The van der Waals surface area contributed by atoms with Gasteiger partial charge >= 0.3 is 19.8 Å². The molecule has 0 amide bonds. The number of carbonyl (C=O) groups is 2. The van der Waals surface area contributed by atoms with E-state index in [2.05, 4.69) is 33.8 Å². The molecule has 0 aliphatic rings. The van der Waals surface area contributed by atoms with Crippen molar-refractivity contribution in [3.63, 3.8) is 0 Å². The molecule has 0 aromatic carbocycles. The van der Waals surface area contributed by atoms with Crippen LogP contribution in [0.5, 0.6) is 0 Å². The van der Waals surface area contributed by atoms with Crippen molar-refractivity contribution in [2.24, 2.45) is 5.73 Å². The van der Waals surface area contributed by atoms with E-state index in [9.17, 15) is 24.2 Å². The topological polar surface area (TPSA) is 168 Å². The Hall–Kier alpha value is -2.79. The molecule has 0 aliphatic carbocycles. The van der Waals surface area contributed by atoms with Crippen LogP contribution in [0.1, 0.15) is 146 Å². The van der Waals surface area contributed by atoms with E-state index >= 15 is 0 Å². The number of hydrogen-bond donors (Lipinski definition) is 3. The number of phosphoric ester groups is 1. The van der Waals surface area contributed by atoms with Gasteiger partial charge in [0.25, 0.3) is 0 Å². The van der Waals surface area contributed by atoms with E-state index in [0.29, 0.717) is 25.7 Å². The molecule has 11 nitrogen and oxygen atoms in total. The summed E-state index contributed by atoms with van der Waals surface area (Å²) in [4.78, 5) is 34.9. The fourth-order valence-electron chi connectivity index (χ4n) is 5.64. The first-order valence-corrected chi connectivity index (χ1v) is 22.1. The number of rotatable bonds is 34. The summed E-state index contributed by atoms with van der Waals surface area (Å²) in [6, 6.07) is 0. The number of aryl methyl sites for hydroxylation is 2. The predicted octanol–water partition coefficient (Wildman–Crippen LogP) is 9.79. The average molecular weight is 794 g/mol. The fraction of sp³-hybridized carbons (Fsp3) is 0.674. The molecule has 4 N–H and O–H groups in total. The van der Waals surface area contributed by atoms with E-state index in [1.165, 1.54) is 30.4 Å². The van der Waals surface area contributed by atoms with Gasteiger partial charge in [-0.2, -0.15) is 0 Å². The molecule has 1 aromatic rings. The molecular formula is C43H72NO10P. The van der Waals surface area contributed by atoms with Gasteiger partial charge in [-0.3, -0.25) is 18.6 Å². The number of hydrogen-bond acceptors (Lipinski definition) is 10. The summed E-state index contributed by atoms with van der Waals surface area (Å²) in [5, 5.41) is 10.0. The Balaban J connectivity index is 2.36. The highest BCUT2D eigenvalue weighted by molar-refractivity contribution is 7.47. The Kier molecular flexibility index (Phi) is 29.5. The first-order valence-electron chi connectivity index (χ1n) is 20.6. The predicted molar refractivity (Wildman–Crippen MR) is 220 cm³/mol. The Morgan fingerprint density at radius 3 is 2.16 bits per heavy atom. The minimum atomic E-state index is -4.42. The van der Waals surface area contributed by atoms with Gasteiger partial charge in [-0.15, -0.1) is 0 Å². The van der Waals surface area contributed by atoms with Crippen molar-refractivity contribution in [2.75, 3.05) is 26.4 Å². The molecule has 0 fully saturated rings. The summed E-state index contributed by atoms with van der Waals surface area (Å²) in [7, 11) is -4.42. The first-order chi connectivity index (χ1) is 26.5. The van der Waals surface area contributed by atoms with Crippen molar-refractivity contribution in [1.29, 1.82) is 0 Å². The Labute approximate surface area is 331 Å². The SMILES string of the molecule is CCCCC/C=C\C[C@@H](O)/C=C/C=C\C/C=C\CCCC(=O)OC[C@H](COP(=O)(O)OCCN)OC(=O)CCCCCCCCc1oc(CCC)c(C)c1C. The molecule has 0 saturated carbocycles. The third kappa shape index (κ3) is 26.7. The second kappa shape index (κ2) is 32.3. The molecule has 0 bridgehead atoms. The van der Waals surface area contributed by atoms with Crippen LogP contribution in [0.2, 0.25) is 0 Å². The number of phosphoric acid groups is 1. The Morgan fingerprint density at radius 1 is 0.764 bits per heavy atom. The van der Waals surface area contributed by atoms with Gasteiger partial charge in [-0.25, -0.2) is 4.57 Å². The molecule has 55 heavy (non-hydrogen) atoms. The molecule has 3 atom stereocenters. The first kappa shape index (κ1) is 50.2. The molecule has 314 valence electrons. The normalized spacial score (nSPS) is 14.4. The maximum absolute atomic E-state index is 12.6. The van der Waals surface area contributed by atoms with Crippen LogP contribution in [0.25, 0.3) is 0 Å². The number of allylic oxidation sites excluding steroid dienone is 6. The molecule has 0 spiro atoms. The van der Waals surface area contributed by atoms with Gasteiger partial charge in [0.05, 0.1) is 19.3 Å². The zero-order valence-electron chi connectivity index (χ0n) is 34.2. The van der Waals surface area contributed by atoms with Crippen LogP contribution >= 0.6 is 7.82 Å². The van der Waals surface area contributed by atoms with Gasteiger partial charge < -0.3 is 29.6 Å². The number of unbranched alkanes of at least 4 members (excludes halogenated alkanes) is 9. The molecule has 1 unspecified atom stereocenters. The number of carbonyl (C=O) groups excluding carboxylic acids is 2. The van der Waals surface area contributed by atoms with Crippen LogP contribution in [0.4, 0.5) is 0 Å².